The van der Waals surface area contributed by atoms with Crippen molar-refractivity contribution in [2.24, 2.45) is 0 Å². The van der Waals surface area contributed by atoms with Gasteiger partial charge in [0.2, 0.25) is 0 Å². The van der Waals surface area contributed by atoms with Gasteiger partial charge in [0.25, 0.3) is 0 Å². The SMILES string of the molecule is CCCCCCCCCCCCCC[N+](C)(C)C.[Br-].[Cl-]. The highest BCUT2D eigenvalue weighted by atomic mass is 79.9. The lowest BCUT2D eigenvalue weighted by Gasteiger charge is -2.23. The molecule has 0 aliphatic heterocycles. The van der Waals surface area contributed by atoms with E-state index in [9.17, 15) is 0 Å². The Kier molecular flexibility index (Phi) is 22.8. The molecule has 0 N–H and O–H groups in total. The van der Waals surface area contributed by atoms with Crippen molar-refractivity contribution in [3.05, 3.63) is 0 Å². The quantitative estimate of drug-likeness (QED) is 0.300. The van der Waals surface area contributed by atoms with Crippen molar-refractivity contribution in [3.63, 3.8) is 0 Å². The molecule has 0 aliphatic carbocycles. The van der Waals surface area contributed by atoms with Crippen molar-refractivity contribution in [3.8, 4) is 0 Å². The molecule has 126 valence electrons. The second kappa shape index (κ2) is 17.8. The summed E-state index contributed by atoms with van der Waals surface area (Å²) in [5, 5.41) is 0. The van der Waals surface area contributed by atoms with Crippen molar-refractivity contribution < 1.29 is 33.9 Å². The third-order valence-corrected chi connectivity index (χ3v) is 3.68. The van der Waals surface area contributed by atoms with Crippen LogP contribution in [0.4, 0.5) is 0 Å². The average Bonchev–Trinajstić information content (AvgIpc) is 2.29. The number of nitrogens with zero attached hydrogens (tertiary/aromatic N) is 1. The first-order valence-corrected chi connectivity index (χ1v) is 8.36. The Morgan fingerprint density at radius 2 is 0.850 bits per heavy atom. The van der Waals surface area contributed by atoms with E-state index in [4.69, 9.17) is 0 Å². The van der Waals surface area contributed by atoms with Gasteiger partial charge in [0.15, 0.2) is 0 Å². The third kappa shape index (κ3) is 23.8. The second-order valence-electron chi connectivity index (χ2n) is 6.90. The van der Waals surface area contributed by atoms with Crippen molar-refractivity contribution >= 4 is 0 Å². The van der Waals surface area contributed by atoms with Crippen LogP contribution in [-0.4, -0.2) is 32.2 Å². The van der Waals surface area contributed by atoms with Crippen LogP contribution in [0.5, 0.6) is 0 Å². The Morgan fingerprint density at radius 3 is 1.15 bits per heavy atom. The van der Waals surface area contributed by atoms with Crippen LogP contribution in [-0.2, 0) is 0 Å². The predicted molar refractivity (Wildman–Crippen MR) is 84.0 cm³/mol. The van der Waals surface area contributed by atoms with E-state index < -0.39 is 0 Å². The average molecular weight is 372 g/mol. The second-order valence-corrected chi connectivity index (χ2v) is 6.90. The number of unbranched alkanes of at least 4 members (excludes halogenated alkanes) is 11. The fourth-order valence-corrected chi connectivity index (χ4v) is 2.43. The minimum absolute atomic E-state index is 0. The predicted octanol–water partition coefficient (Wildman–Crippen LogP) is -0.598. The van der Waals surface area contributed by atoms with Gasteiger partial charge in [-0.1, -0.05) is 71.1 Å². The van der Waals surface area contributed by atoms with Gasteiger partial charge in [-0.15, -0.1) is 0 Å². The summed E-state index contributed by atoms with van der Waals surface area (Å²) in [5.74, 6) is 0. The maximum absolute atomic E-state index is 2.29. The molecule has 0 aromatic rings. The van der Waals surface area contributed by atoms with Crippen LogP contribution in [0.1, 0.15) is 84.0 Å². The van der Waals surface area contributed by atoms with Crippen molar-refractivity contribution in [1.29, 1.82) is 0 Å². The lowest BCUT2D eigenvalue weighted by Crippen LogP contribution is -3.00. The monoisotopic (exact) mass is 370 g/mol. The first-order chi connectivity index (χ1) is 8.56. The van der Waals surface area contributed by atoms with Crippen LogP contribution in [0.3, 0.4) is 0 Å². The van der Waals surface area contributed by atoms with E-state index >= 15 is 0 Å². The summed E-state index contributed by atoms with van der Waals surface area (Å²) in [6.45, 7) is 3.62. The largest absolute Gasteiger partial charge is 1.00 e. The summed E-state index contributed by atoms with van der Waals surface area (Å²) in [4.78, 5) is 0. The molecule has 3 heteroatoms. The normalized spacial score (nSPS) is 10.8. The van der Waals surface area contributed by atoms with Gasteiger partial charge in [0.1, 0.15) is 0 Å². The summed E-state index contributed by atoms with van der Waals surface area (Å²) in [5.41, 5.74) is 0. The number of hydrogen-bond acceptors (Lipinski definition) is 0. The molecule has 0 bridgehead atoms. The third-order valence-electron chi connectivity index (χ3n) is 3.68. The molecule has 1 nitrogen and oxygen atoms in total. The maximum atomic E-state index is 2.29. The molecule has 0 aliphatic rings. The van der Waals surface area contributed by atoms with Crippen LogP contribution in [0.25, 0.3) is 0 Å². The molecule has 0 saturated heterocycles. The van der Waals surface area contributed by atoms with E-state index in [1.165, 1.54) is 83.6 Å². The Morgan fingerprint density at radius 1 is 0.550 bits per heavy atom. The van der Waals surface area contributed by atoms with Crippen LogP contribution < -0.4 is 29.4 Å². The molecule has 0 heterocycles. The zero-order valence-corrected chi connectivity index (χ0v) is 16.7. The van der Waals surface area contributed by atoms with Crippen LogP contribution in [0.15, 0.2) is 0 Å². The molecule has 0 fully saturated rings. The highest BCUT2D eigenvalue weighted by Crippen LogP contribution is 2.12. The molecule has 0 saturated carbocycles. The summed E-state index contributed by atoms with van der Waals surface area (Å²) >= 11 is 0. The zero-order chi connectivity index (χ0) is 13.7. The van der Waals surface area contributed by atoms with Gasteiger partial charge < -0.3 is 33.9 Å². The molecular formula is C17H38BrClN-. The van der Waals surface area contributed by atoms with Gasteiger partial charge in [0, 0.05) is 0 Å². The molecule has 0 atom stereocenters. The van der Waals surface area contributed by atoms with E-state index in [1.54, 1.807) is 0 Å². The number of rotatable bonds is 13. The smallest absolute Gasteiger partial charge is 0.0780 e. The topological polar surface area (TPSA) is 0 Å². The molecule has 0 unspecified atom stereocenters. The van der Waals surface area contributed by atoms with Crippen molar-refractivity contribution in [1.82, 2.24) is 0 Å². The maximum Gasteiger partial charge on any atom is 0.0780 e. The minimum atomic E-state index is 0. The van der Waals surface area contributed by atoms with Crippen molar-refractivity contribution in [2.45, 2.75) is 84.0 Å². The van der Waals surface area contributed by atoms with Gasteiger partial charge in [-0.05, 0) is 12.8 Å². The van der Waals surface area contributed by atoms with Gasteiger partial charge in [0.05, 0.1) is 27.7 Å². The zero-order valence-electron chi connectivity index (χ0n) is 14.4. The Hall–Kier alpha value is 0.730. The van der Waals surface area contributed by atoms with Crippen LogP contribution in [0, 0.1) is 0 Å². The number of halogens is 2. The number of hydrogen-bond donors (Lipinski definition) is 0. The fourth-order valence-electron chi connectivity index (χ4n) is 2.43. The molecule has 0 spiro atoms. The molecular weight excluding hydrogens is 334 g/mol. The fraction of sp³-hybridized carbons (Fsp3) is 1.00. The molecule has 0 rings (SSSR count). The summed E-state index contributed by atoms with van der Waals surface area (Å²) in [7, 11) is 6.87. The van der Waals surface area contributed by atoms with Gasteiger partial charge in [-0.2, -0.15) is 0 Å². The molecule has 0 aromatic heterocycles. The van der Waals surface area contributed by atoms with E-state index in [1.807, 2.05) is 0 Å². The molecule has 0 aromatic carbocycles. The lowest BCUT2D eigenvalue weighted by atomic mass is 10.1. The van der Waals surface area contributed by atoms with Gasteiger partial charge in [-0.3, -0.25) is 0 Å². The Labute approximate surface area is 145 Å². The first-order valence-electron chi connectivity index (χ1n) is 8.36. The van der Waals surface area contributed by atoms with Crippen LogP contribution in [0.2, 0.25) is 0 Å². The molecule has 20 heavy (non-hydrogen) atoms. The van der Waals surface area contributed by atoms with Gasteiger partial charge in [-0.25, -0.2) is 0 Å². The standard InChI is InChI=1S/C17H38N.BrH.ClH/c1-5-6-7-8-9-10-11-12-13-14-15-16-17-18(2,3)4;;/h5-17H2,1-4H3;2*1H/q+1;;/p-2. The first kappa shape index (κ1) is 25.7. The van der Waals surface area contributed by atoms with Crippen molar-refractivity contribution in [2.75, 3.05) is 27.7 Å². The lowest BCUT2D eigenvalue weighted by molar-refractivity contribution is -0.870. The van der Waals surface area contributed by atoms with Crippen LogP contribution >= 0.6 is 0 Å². The minimum Gasteiger partial charge on any atom is -1.00 e. The molecule has 0 amide bonds. The number of quaternary nitrogens is 1. The Balaban J connectivity index is -0.00000144. The summed E-state index contributed by atoms with van der Waals surface area (Å²) in [6.07, 6.45) is 17.4. The summed E-state index contributed by atoms with van der Waals surface area (Å²) < 4.78 is 1.12. The van der Waals surface area contributed by atoms with E-state index in [-0.39, 0.29) is 29.4 Å². The Bertz CT molecular complexity index is 169. The highest BCUT2D eigenvalue weighted by Gasteiger charge is 2.04. The van der Waals surface area contributed by atoms with E-state index in [0.29, 0.717) is 0 Å². The van der Waals surface area contributed by atoms with Gasteiger partial charge >= 0.3 is 0 Å². The van der Waals surface area contributed by atoms with E-state index in [2.05, 4.69) is 28.1 Å². The molecule has 0 radical (unpaired) electrons. The van der Waals surface area contributed by atoms with E-state index in [0.717, 1.165) is 4.48 Å². The highest BCUT2D eigenvalue weighted by molar-refractivity contribution is 4.48. The summed E-state index contributed by atoms with van der Waals surface area (Å²) in [6, 6.07) is 0.